The Morgan fingerprint density at radius 2 is 1.82 bits per heavy atom. The number of hydrogen-bond acceptors (Lipinski definition) is 6. The summed E-state index contributed by atoms with van der Waals surface area (Å²) < 4.78 is 5.05. The highest BCUT2D eigenvalue weighted by molar-refractivity contribution is 7.99. The van der Waals surface area contributed by atoms with Gasteiger partial charge in [-0.25, -0.2) is 9.97 Å². The first-order chi connectivity index (χ1) is 10.8. The van der Waals surface area contributed by atoms with E-state index in [4.69, 9.17) is 4.74 Å². The number of nitrogens with zero attached hydrogens (tertiary/aromatic N) is 4. The second kappa shape index (κ2) is 8.24. The molecule has 0 N–H and O–H groups in total. The summed E-state index contributed by atoms with van der Waals surface area (Å²) in [5.41, 5.74) is 1.20. The third-order valence-electron chi connectivity index (χ3n) is 4.56. The number of methoxy groups -OCH3 is 1. The van der Waals surface area contributed by atoms with E-state index < -0.39 is 0 Å². The van der Waals surface area contributed by atoms with Crippen molar-refractivity contribution in [2.75, 3.05) is 44.8 Å². The standard InChI is InChI=1S/C16H26N4OS/c1-21-13-16-17-10-14(11-18-16)12-19-4-2-15(3-5-19)20-6-8-22-9-7-20/h10-11,15H,2-9,12-13H2,1H3. The molecular weight excluding hydrogens is 296 g/mol. The smallest absolute Gasteiger partial charge is 0.153 e. The van der Waals surface area contributed by atoms with Gasteiger partial charge < -0.3 is 4.74 Å². The zero-order chi connectivity index (χ0) is 15.2. The Morgan fingerprint density at radius 1 is 1.14 bits per heavy atom. The van der Waals surface area contributed by atoms with E-state index in [9.17, 15) is 0 Å². The van der Waals surface area contributed by atoms with Crippen molar-refractivity contribution in [2.24, 2.45) is 0 Å². The topological polar surface area (TPSA) is 41.5 Å². The van der Waals surface area contributed by atoms with Crippen molar-refractivity contribution >= 4 is 11.8 Å². The molecular formula is C16H26N4OS. The number of aromatic nitrogens is 2. The zero-order valence-corrected chi connectivity index (χ0v) is 14.2. The molecule has 2 aliphatic heterocycles. The molecule has 122 valence electrons. The maximum atomic E-state index is 5.05. The number of rotatable bonds is 5. The Morgan fingerprint density at radius 3 is 2.45 bits per heavy atom. The Hall–Kier alpha value is -0.690. The summed E-state index contributed by atoms with van der Waals surface area (Å²) in [5.74, 6) is 3.38. The molecule has 0 amide bonds. The second-order valence-electron chi connectivity index (χ2n) is 6.10. The van der Waals surface area contributed by atoms with Gasteiger partial charge in [-0.15, -0.1) is 0 Å². The van der Waals surface area contributed by atoms with Gasteiger partial charge >= 0.3 is 0 Å². The van der Waals surface area contributed by atoms with Gasteiger partial charge in [-0.05, 0) is 25.9 Å². The average molecular weight is 322 g/mol. The van der Waals surface area contributed by atoms with Crippen molar-refractivity contribution in [2.45, 2.75) is 32.0 Å². The van der Waals surface area contributed by atoms with Crippen LogP contribution in [0.2, 0.25) is 0 Å². The molecule has 2 saturated heterocycles. The van der Waals surface area contributed by atoms with Gasteiger partial charge in [-0.2, -0.15) is 11.8 Å². The highest BCUT2D eigenvalue weighted by atomic mass is 32.2. The van der Waals surface area contributed by atoms with E-state index in [0.717, 1.165) is 18.4 Å². The number of thioether (sulfide) groups is 1. The largest absolute Gasteiger partial charge is 0.377 e. The summed E-state index contributed by atoms with van der Waals surface area (Å²) in [6.07, 6.45) is 6.48. The summed E-state index contributed by atoms with van der Waals surface area (Å²) in [6, 6.07) is 0.803. The molecule has 0 saturated carbocycles. The van der Waals surface area contributed by atoms with Gasteiger partial charge in [-0.1, -0.05) is 0 Å². The second-order valence-corrected chi connectivity index (χ2v) is 7.32. The molecule has 0 aromatic carbocycles. The first-order valence-electron chi connectivity index (χ1n) is 8.18. The molecule has 0 spiro atoms. The van der Waals surface area contributed by atoms with Crippen molar-refractivity contribution in [3.63, 3.8) is 0 Å². The van der Waals surface area contributed by atoms with Crippen LogP contribution in [0.1, 0.15) is 24.2 Å². The monoisotopic (exact) mass is 322 g/mol. The van der Waals surface area contributed by atoms with E-state index in [2.05, 4.69) is 31.5 Å². The molecule has 3 heterocycles. The van der Waals surface area contributed by atoms with Crippen LogP contribution in [-0.4, -0.2) is 70.6 Å². The van der Waals surface area contributed by atoms with Crippen LogP contribution in [0, 0.1) is 0 Å². The van der Waals surface area contributed by atoms with Crippen LogP contribution in [0.15, 0.2) is 12.4 Å². The predicted molar refractivity (Wildman–Crippen MR) is 89.9 cm³/mol. The van der Waals surface area contributed by atoms with Gasteiger partial charge in [0.1, 0.15) is 6.61 Å². The zero-order valence-electron chi connectivity index (χ0n) is 13.4. The van der Waals surface area contributed by atoms with Crippen LogP contribution in [-0.2, 0) is 17.9 Å². The summed E-state index contributed by atoms with van der Waals surface area (Å²) in [4.78, 5) is 13.9. The van der Waals surface area contributed by atoms with Gasteiger partial charge in [0.2, 0.25) is 0 Å². The summed E-state index contributed by atoms with van der Waals surface area (Å²) >= 11 is 2.09. The summed E-state index contributed by atoms with van der Waals surface area (Å²) in [7, 11) is 1.67. The maximum absolute atomic E-state index is 5.05. The normalized spacial score (nSPS) is 22.0. The molecule has 5 nitrogen and oxygen atoms in total. The molecule has 0 radical (unpaired) electrons. The summed E-state index contributed by atoms with van der Waals surface area (Å²) in [6.45, 7) is 6.40. The number of likely N-dealkylation sites (tertiary alicyclic amines) is 1. The molecule has 2 aliphatic rings. The van der Waals surface area contributed by atoms with Crippen molar-refractivity contribution < 1.29 is 4.74 Å². The molecule has 1 aromatic rings. The fourth-order valence-electron chi connectivity index (χ4n) is 3.31. The van der Waals surface area contributed by atoms with Crippen LogP contribution in [0.4, 0.5) is 0 Å². The van der Waals surface area contributed by atoms with Crippen molar-refractivity contribution in [3.8, 4) is 0 Å². The van der Waals surface area contributed by atoms with Gasteiger partial charge in [0.15, 0.2) is 5.82 Å². The molecule has 0 atom stereocenters. The fraction of sp³-hybridized carbons (Fsp3) is 0.750. The Bertz CT molecular complexity index is 442. The van der Waals surface area contributed by atoms with E-state index in [0.29, 0.717) is 6.61 Å². The third kappa shape index (κ3) is 4.41. The van der Waals surface area contributed by atoms with Gasteiger partial charge in [0.25, 0.3) is 0 Å². The molecule has 1 aromatic heterocycles. The fourth-order valence-corrected chi connectivity index (χ4v) is 4.24. The van der Waals surface area contributed by atoms with E-state index in [1.807, 2.05) is 12.4 Å². The van der Waals surface area contributed by atoms with Crippen LogP contribution >= 0.6 is 11.8 Å². The first-order valence-corrected chi connectivity index (χ1v) is 9.33. The van der Waals surface area contributed by atoms with Crippen molar-refractivity contribution in [1.82, 2.24) is 19.8 Å². The van der Waals surface area contributed by atoms with E-state index in [1.165, 1.54) is 56.1 Å². The van der Waals surface area contributed by atoms with E-state index >= 15 is 0 Å². The molecule has 3 rings (SSSR count). The third-order valence-corrected chi connectivity index (χ3v) is 5.50. The van der Waals surface area contributed by atoms with Crippen molar-refractivity contribution in [3.05, 3.63) is 23.8 Å². The van der Waals surface area contributed by atoms with Crippen LogP contribution < -0.4 is 0 Å². The maximum Gasteiger partial charge on any atom is 0.153 e. The van der Waals surface area contributed by atoms with E-state index in [-0.39, 0.29) is 0 Å². The minimum Gasteiger partial charge on any atom is -0.377 e. The van der Waals surface area contributed by atoms with Gasteiger partial charge in [0, 0.05) is 62.2 Å². The van der Waals surface area contributed by atoms with E-state index in [1.54, 1.807) is 7.11 Å². The quantitative estimate of drug-likeness (QED) is 0.821. The molecule has 22 heavy (non-hydrogen) atoms. The van der Waals surface area contributed by atoms with Crippen molar-refractivity contribution in [1.29, 1.82) is 0 Å². The van der Waals surface area contributed by atoms with Gasteiger partial charge in [-0.3, -0.25) is 9.80 Å². The number of hydrogen-bond donors (Lipinski definition) is 0. The molecule has 6 heteroatoms. The SMILES string of the molecule is COCc1ncc(CN2CCC(N3CCSCC3)CC2)cn1. The predicted octanol–water partition coefficient (Wildman–Crippen LogP) is 1.64. The Labute approximate surface area is 137 Å². The average Bonchev–Trinajstić information content (AvgIpc) is 2.58. The van der Waals surface area contributed by atoms with Gasteiger partial charge in [0.05, 0.1) is 0 Å². The Kier molecular flexibility index (Phi) is 6.06. The molecule has 0 unspecified atom stereocenters. The minimum atomic E-state index is 0.486. The summed E-state index contributed by atoms with van der Waals surface area (Å²) in [5, 5.41) is 0. The lowest BCUT2D eigenvalue weighted by molar-refractivity contribution is 0.112. The highest BCUT2D eigenvalue weighted by Gasteiger charge is 2.25. The van der Waals surface area contributed by atoms with Crippen LogP contribution in [0.25, 0.3) is 0 Å². The number of ether oxygens (including phenoxy) is 1. The van der Waals surface area contributed by atoms with Crippen LogP contribution in [0.5, 0.6) is 0 Å². The minimum absolute atomic E-state index is 0.486. The lowest BCUT2D eigenvalue weighted by Crippen LogP contribution is -2.47. The Balaban J connectivity index is 1.45. The first kappa shape index (κ1) is 16.2. The molecule has 0 aliphatic carbocycles. The lowest BCUT2D eigenvalue weighted by Gasteiger charge is -2.40. The highest BCUT2D eigenvalue weighted by Crippen LogP contribution is 2.21. The lowest BCUT2D eigenvalue weighted by atomic mass is 10.0. The molecule has 0 bridgehead atoms. The number of piperidine rings is 1. The van der Waals surface area contributed by atoms with Crippen LogP contribution in [0.3, 0.4) is 0 Å². The molecule has 2 fully saturated rings.